The summed E-state index contributed by atoms with van der Waals surface area (Å²) >= 11 is 0. The summed E-state index contributed by atoms with van der Waals surface area (Å²) < 4.78 is 0. The van der Waals surface area contributed by atoms with Crippen molar-refractivity contribution in [1.29, 1.82) is 0 Å². The highest BCUT2D eigenvalue weighted by molar-refractivity contribution is 6.36. The first kappa shape index (κ1) is 36.1. The Hall–Kier alpha value is -1.92. The largest absolute Gasteiger partial charge is 0.481 e. The molecule has 222 valence electrons. The number of carboxylic acids is 1. The van der Waals surface area contributed by atoms with Crippen LogP contribution in [0.25, 0.3) is 0 Å². The minimum absolute atomic E-state index is 0.0315. The Balaban J connectivity index is 4.09. The molecule has 0 aliphatic carbocycles. The van der Waals surface area contributed by atoms with Crippen molar-refractivity contribution >= 4 is 23.6 Å². The van der Waals surface area contributed by atoms with Crippen LogP contribution >= 0.6 is 0 Å². The van der Waals surface area contributed by atoms with Gasteiger partial charge in [-0.2, -0.15) is 0 Å². The number of carbonyl (C=O) groups excluding carboxylic acids is 3. The smallest absolute Gasteiger partial charge is 0.303 e. The van der Waals surface area contributed by atoms with Crippen molar-refractivity contribution in [3.05, 3.63) is 0 Å². The van der Waals surface area contributed by atoms with Gasteiger partial charge in [0.15, 0.2) is 0 Å². The predicted octanol–water partition coefficient (Wildman–Crippen LogP) is 7.25. The van der Waals surface area contributed by atoms with Gasteiger partial charge < -0.3 is 15.7 Å². The van der Waals surface area contributed by atoms with Gasteiger partial charge in [-0.05, 0) is 19.3 Å². The van der Waals surface area contributed by atoms with Gasteiger partial charge in [-0.25, -0.2) is 0 Å². The Morgan fingerprint density at radius 3 is 1.45 bits per heavy atom. The van der Waals surface area contributed by atoms with Crippen LogP contribution in [0.3, 0.4) is 0 Å². The lowest BCUT2D eigenvalue weighted by Crippen LogP contribution is -2.49. The summed E-state index contributed by atoms with van der Waals surface area (Å²) in [6.45, 7) is 4.92. The second kappa shape index (κ2) is 26.7. The summed E-state index contributed by atoms with van der Waals surface area (Å²) in [4.78, 5) is 48.2. The van der Waals surface area contributed by atoms with E-state index in [1.807, 2.05) is 0 Å². The van der Waals surface area contributed by atoms with Crippen molar-refractivity contribution in [1.82, 2.24) is 10.6 Å². The van der Waals surface area contributed by atoms with Gasteiger partial charge in [-0.15, -0.1) is 0 Å². The van der Waals surface area contributed by atoms with Crippen molar-refractivity contribution in [2.75, 3.05) is 6.54 Å². The highest BCUT2D eigenvalue weighted by Gasteiger charge is 2.24. The number of amides is 2. The molecule has 0 rings (SSSR count). The third kappa shape index (κ3) is 23.2. The van der Waals surface area contributed by atoms with E-state index in [-0.39, 0.29) is 19.3 Å². The maximum absolute atomic E-state index is 12.6. The zero-order chi connectivity index (χ0) is 28.3. The number of aliphatic carboxylic acids is 1. The molecule has 38 heavy (non-hydrogen) atoms. The molecule has 0 fully saturated rings. The SMILES string of the molecule is CCCCCCCCCCCCCCC(=O)C(=O)NC(CCC(=O)O)C(=O)NCCCCCCCCCC. The van der Waals surface area contributed by atoms with Crippen LogP contribution in [0.1, 0.15) is 162 Å². The fraction of sp³-hybridized carbons (Fsp3) is 0.871. The van der Waals surface area contributed by atoms with E-state index in [0.717, 1.165) is 38.5 Å². The Morgan fingerprint density at radius 1 is 0.579 bits per heavy atom. The lowest BCUT2D eigenvalue weighted by molar-refractivity contribution is -0.140. The Morgan fingerprint density at radius 2 is 1.00 bits per heavy atom. The van der Waals surface area contributed by atoms with Crippen LogP contribution in [0.5, 0.6) is 0 Å². The second-order valence-electron chi connectivity index (χ2n) is 10.8. The van der Waals surface area contributed by atoms with Crippen molar-refractivity contribution < 1.29 is 24.3 Å². The Kier molecular flexibility index (Phi) is 25.3. The van der Waals surface area contributed by atoms with Gasteiger partial charge in [-0.3, -0.25) is 19.2 Å². The van der Waals surface area contributed by atoms with E-state index in [0.29, 0.717) is 13.0 Å². The predicted molar refractivity (Wildman–Crippen MR) is 155 cm³/mol. The molecule has 0 aromatic heterocycles. The number of nitrogens with one attached hydrogen (secondary N) is 2. The molecule has 0 saturated carbocycles. The van der Waals surface area contributed by atoms with Crippen molar-refractivity contribution in [2.24, 2.45) is 0 Å². The number of Topliss-reactive ketones (excluding diaryl/α,β-unsaturated/α-hetero) is 1. The lowest BCUT2D eigenvalue weighted by Gasteiger charge is -2.17. The molecule has 0 radical (unpaired) electrons. The number of carbonyl (C=O) groups is 4. The number of carboxylic acid groups (broad SMARTS) is 1. The van der Waals surface area contributed by atoms with E-state index in [9.17, 15) is 19.2 Å². The minimum Gasteiger partial charge on any atom is -0.481 e. The van der Waals surface area contributed by atoms with Gasteiger partial charge in [0.1, 0.15) is 6.04 Å². The summed E-state index contributed by atoms with van der Waals surface area (Å²) in [5, 5.41) is 14.3. The van der Waals surface area contributed by atoms with E-state index in [2.05, 4.69) is 24.5 Å². The first-order valence-electron chi connectivity index (χ1n) is 15.8. The van der Waals surface area contributed by atoms with Crippen molar-refractivity contribution in [3.8, 4) is 0 Å². The third-order valence-electron chi connectivity index (χ3n) is 7.11. The molecule has 3 N–H and O–H groups in total. The van der Waals surface area contributed by atoms with Crippen molar-refractivity contribution in [3.63, 3.8) is 0 Å². The highest BCUT2D eigenvalue weighted by Crippen LogP contribution is 2.13. The molecule has 0 aliphatic heterocycles. The molecule has 0 heterocycles. The first-order valence-corrected chi connectivity index (χ1v) is 15.8. The van der Waals surface area contributed by atoms with Crippen LogP contribution in [0.4, 0.5) is 0 Å². The van der Waals surface area contributed by atoms with Crippen LogP contribution in [-0.2, 0) is 19.2 Å². The molecule has 0 aromatic carbocycles. The Labute approximate surface area is 232 Å². The van der Waals surface area contributed by atoms with Gasteiger partial charge in [0, 0.05) is 19.4 Å². The number of hydrogen-bond acceptors (Lipinski definition) is 4. The van der Waals surface area contributed by atoms with Gasteiger partial charge >= 0.3 is 5.97 Å². The highest BCUT2D eigenvalue weighted by atomic mass is 16.4. The summed E-state index contributed by atoms with van der Waals surface area (Å²) in [5.41, 5.74) is 0. The molecule has 7 heteroatoms. The normalized spacial score (nSPS) is 11.7. The molecule has 0 bridgehead atoms. The maximum Gasteiger partial charge on any atom is 0.303 e. The standard InChI is InChI=1S/C31H58N2O5/c1-3-5-7-9-11-13-14-15-16-17-19-21-23-28(34)31(38)33-27(24-25-29(35)36)30(37)32-26-22-20-18-12-10-8-6-4-2/h27H,3-26H2,1-2H3,(H,32,37)(H,33,38)(H,35,36). The molecule has 0 spiro atoms. The third-order valence-corrected chi connectivity index (χ3v) is 7.11. The van der Waals surface area contributed by atoms with Crippen LogP contribution < -0.4 is 10.6 Å². The van der Waals surface area contributed by atoms with Crippen LogP contribution in [-0.4, -0.2) is 41.3 Å². The van der Waals surface area contributed by atoms with Crippen LogP contribution in [0.2, 0.25) is 0 Å². The molecular weight excluding hydrogens is 480 g/mol. The zero-order valence-corrected chi connectivity index (χ0v) is 24.6. The maximum atomic E-state index is 12.6. The van der Waals surface area contributed by atoms with E-state index in [1.165, 1.54) is 83.5 Å². The second-order valence-corrected chi connectivity index (χ2v) is 10.8. The monoisotopic (exact) mass is 538 g/mol. The molecule has 1 atom stereocenters. The zero-order valence-electron chi connectivity index (χ0n) is 24.6. The summed E-state index contributed by atoms with van der Waals surface area (Å²) in [5.74, 6) is -2.78. The molecule has 2 amide bonds. The fourth-order valence-electron chi connectivity index (χ4n) is 4.61. The fourth-order valence-corrected chi connectivity index (χ4v) is 4.61. The summed E-state index contributed by atoms with van der Waals surface area (Å²) in [6.07, 6.45) is 23.4. The number of hydrogen-bond donors (Lipinski definition) is 3. The van der Waals surface area contributed by atoms with Crippen molar-refractivity contribution in [2.45, 2.75) is 168 Å². The van der Waals surface area contributed by atoms with E-state index in [4.69, 9.17) is 5.11 Å². The van der Waals surface area contributed by atoms with Gasteiger partial charge in [0.05, 0.1) is 0 Å². The first-order chi connectivity index (χ1) is 18.4. The molecule has 0 aromatic rings. The van der Waals surface area contributed by atoms with Crippen LogP contribution in [0.15, 0.2) is 0 Å². The lowest BCUT2D eigenvalue weighted by atomic mass is 10.0. The Bertz CT molecular complexity index is 623. The topological polar surface area (TPSA) is 113 Å². The summed E-state index contributed by atoms with van der Waals surface area (Å²) in [6, 6.07) is -1.00. The van der Waals surface area contributed by atoms with E-state index >= 15 is 0 Å². The average molecular weight is 539 g/mol. The van der Waals surface area contributed by atoms with Gasteiger partial charge in [0.2, 0.25) is 11.7 Å². The minimum atomic E-state index is -1.04. The van der Waals surface area contributed by atoms with Gasteiger partial charge in [-0.1, -0.05) is 129 Å². The van der Waals surface area contributed by atoms with E-state index in [1.54, 1.807) is 0 Å². The van der Waals surface area contributed by atoms with Crippen LogP contribution in [0, 0.1) is 0 Å². The molecule has 0 aliphatic rings. The molecule has 0 saturated heterocycles. The van der Waals surface area contributed by atoms with Gasteiger partial charge in [0.25, 0.3) is 5.91 Å². The number of unbranched alkanes of at least 4 members (excludes halogenated alkanes) is 18. The number of rotatable bonds is 28. The number of ketones is 1. The molecule has 1 unspecified atom stereocenters. The molecule has 7 nitrogen and oxygen atoms in total. The van der Waals surface area contributed by atoms with E-state index < -0.39 is 29.6 Å². The quantitative estimate of drug-likeness (QED) is 0.0717. The molecular formula is C31H58N2O5. The average Bonchev–Trinajstić information content (AvgIpc) is 2.90. The summed E-state index contributed by atoms with van der Waals surface area (Å²) in [7, 11) is 0.